The van der Waals surface area contributed by atoms with Crippen molar-refractivity contribution in [2.45, 2.75) is 11.4 Å². The number of benzene rings is 1. The first-order chi connectivity index (χ1) is 9.52. The van der Waals surface area contributed by atoms with E-state index in [2.05, 4.69) is 10.4 Å². The number of hydrogen-bond acceptors (Lipinski definition) is 3. The van der Waals surface area contributed by atoms with Crippen molar-refractivity contribution in [1.82, 2.24) is 15.1 Å². The summed E-state index contributed by atoms with van der Waals surface area (Å²) in [5.41, 5.74) is 1.20. The summed E-state index contributed by atoms with van der Waals surface area (Å²) in [5.74, 6) is -0.233. The van der Waals surface area contributed by atoms with E-state index in [1.165, 1.54) is 0 Å². The van der Waals surface area contributed by atoms with Crippen molar-refractivity contribution in [2.75, 3.05) is 6.26 Å². The highest BCUT2D eigenvalue weighted by atomic mass is 35.5. The molecule has 1 aromatic heterocycles. The van der Waals surface area contributed by atoms with Gasteiger partial charge >= 0.3 is 0 Å². The molecular weight excluding hydrogens is 317 g/mol. The number of carbonyl (C=O) groups excluding carboxylic acids is 1. The van der Waals surface area contributed by atoms with Crippen LogP contribution in [0.5, 0.6) is 0 Å². The molecule has 7 heteroatoms. The maximum absolute atomic E-state index is 12.2. The van der Waals surface area contributed by atoms with Crippen LogP contribution in [-0.4, -0.2) is 21.9 Å². The number of hydrogen-bond donors (Lipinski definition) is 1. The second kappa shape index (κ2) is 6.52. The average molecular weight is 330 g/mol. The van der Waals surface area contributed by atoms with Crippen LogP contribution in [0.1, 0.15) is 16.1 Å². The van der Waals surface area contributed by atoms with Gasteiger partial charge < -0.3 is 5.32 Å². The molecule has 0 aliphatic heterocycles. The number of halogens is 2. The first-order valence-electron chi connectivity index (χ1n) is 5.81. The topological polar surface area (TPSA) is 46.9 Å². The quantitative estimate of drug-likeness (QED) is 0.874. The number of nitrogens with one attached hydrogen (secondary N) is 1. The van der Waals surface area contributed by atoms with E-state index in [4.69, 9.17) is 23.2 Å². The van der Waals surface area contributed by atoms with Gasteiger partial charge in [-0.15, -0.1) is 11.8 Å². The molecule has 1 aromatic carbocycles. The molecule has 1 heterocycles. The minimum absolute atomic E-state index is 0.233. The molecule has 2 rings (SSSR count). The van der Waals surface area contributed by atoms with Gasteiger partial charge in [0.25, 0.3) is 5.91 Å². The molecule has 0 spiro atoms. The Kier molecular flexibility index (Phi) is 4.96. The molecule has 0 saturated heterocycles. The van der Waals surface area contributed by atoms with Crippen LogP contribution in [-0.2, 0) is 13.6 Å². The summed E-state index contributed by atoms with van der Waals surface area (Å²) >= 11 is 13.6. The molecular formula is C13H13Cl2N3OS. The molecule has 0 atom stereocenters. The monoisotopic (exact) mass is 329 g/mol. The van der Waals surface area contributed by atoms with Crippen LogP contribution >= 0.6 is 35.0 Å². The summed E-state index contributed by atoms with van der Waals surface area (Å²) < 4.78 is 1.63. The summed E-state index contributed by atoms with van der Waals surface area (Å²) in [5, 5.41) is 7.77. The molecule has 4 nitrogen and oxygen atoms in total. The number of amides is 1. The highest BCUT2D eigenvalue weighted by molar-refractivity contribution is 7.98. The third-order valence-electron chi connectivity index (χ3n) is 2.85. The fraction of sp³-hybridized carbons (Fsp3) is 0.231. The fourth-order valence-electron chi connectivity index (χ4n) is 1.70. The van der Waals surface area contributed by atoms with Gasteiger partial charge in [-0.3, -0.25) is 9.48 Å². The van der Waals surface area contributed by atoms with E-state index in [-0.39, 0.29) is 5.91 Å². The molecule has 0 unspecified atom stereocenters. The normalized spacial score (nSPS) is 10.6. The SMILES string of the molecule is CSc1ccc(Cl)c(C(=O)NCc2c(Cl)cnn2C)c1. The van der Waals surface area contributed by atoms with Crippen molar-refractivity contribution in [2.24, 2.45) is 7.05 Å². The Bertz CT molecular complexity index is 623. The standard InChI is InChI=1S/C13H13Cl2N3OS/c1-18-12(11(15)6-17-18)7-16-13(19)9-5-8(20-2)3-4-10(9)14/h3-6H,7H2,1-2H3,(H,16,19). The van der Waals surface area contributed by atoms with E-state index in [0.717, 1.165) is 10.6 Å². The van der Waals surface area contributed by atoms with Gasteiger partial charge in [0.15, 0.2) is 0 Å². The predicted molar refractivity (Wildman–Crippen MR) is 82.6 cm³/mol. The minimum atomic E-state index is -0.233. The molecule has 1 N–H and O–H groups in total. The molecule has 0 fully saturated rings. The summed E-state index contributed by atoms with van der Waals surface area (Å²) in [4.78, 5) is 13.2. The maximum atomic E-state index is 12.2. The lowest BCUT2D eigenvalue weighted by Gasteiger charge is -2.08. The lowest BCUT2D eigenvalue weighted by Crippen LogP contribution is -2.24. The molecule has 0 bridgehead atoms. The van der Waals surface area contributed by atoms with Crippen molar-refractivity contribution < 1.29 is 4.79 Å². The molecule has 0 aliphatic rings. The summed E-state index contributed by atoms with van der Waals surface area (Å²) in [7, 11) is 1.77. The summed E-state index contributed by atoms with van der Waals surface area (Å²) in [6.45, 7) is 0.300. The first-order valence-corrected chi connectivity index (χ1v) is 7.79. The zero-order valence-electron chi connectivity index (χ0n) is 11.0. The minimum Gasteiger partial charge on any atom is -0.346 e. The van der Waals surface area contributed by atoms with Gasteiger partial charge in [-0.25, -0.2) is 0 Å². The van der Waals surface area contributed by atoms with Crippen molar-refractivity contribution in [3.63, 3.8) is 0 Å². The third-order valence-corrected chi connectivity index (χ3v) is 4.22. The molecule has 106 valence electrons. The van der Waals surface area contributed by atoms with Gasteiger partial charge in [0.05, 0.1) is 34.0 Å². The molecule has 0 saturated carbocycles. The smallest absolute Gasteiger partial charge is 0.253 e. The van der Waals surface area contributed by atoms with Crippen LogP contribution in [0.2, 0.25) is 10.0 Å². The molecule has 20 heavy (non-hydrogen) atoms. The van der Waals surface area contributed by atoms with E-state index >= 15 is 0 Å². The number of rotatable bonds is 4. The largest absolute Gasteiger partial charge is 0.346 e. The summed E-state index contributed by atoms with van der Waals surface area (Å²) in [6.07, 6.45) is 3.49. The Hall–Kier alpha value is -1.17. The molecule has 0 aliphatic carbocycles. The van der Waals surface area contributed by atoms with E-state index in [9.17, 15) is 4.79 Å². The van der Waals surface area contributed by atoms with Gasteiger partial charge in [-0.1, -0.05) is 23.2 Å². The predicted octanol–water partition coefficient (Wildman–Crippen LogP) is 3.38. The maximum Gasteiger partial charge on any atom is 0.253 e. The van der Waals surface area contributed by atoms with E-state index in [1.54, 1.807) is 41.8 Å². The van der Waals surface area contributed by atoms with Crippen LogP contribution in [0.3, 0.4) is 0 Å². The highest BCUT2D eigenvalue weighted by Crippen LogP contribution is 2.23. The zero-order valence-corrected chi connectivity index (χ0v) is 13.3. The van der Waals surface area contributed by atoms with Crippen LogP contribution in [0.25, 0.3) is 0 Å². The van der Waals surface area contributed by atoms with Crippen LogP contribution < -0.4 is 5.32 Å². The fourth-order valence-corrected chi connectivity index (χ4v) is 2.58. The van der Waals surface area contributed by atoms with Crippen molar-refractivity contribution in [3.8, 4) is 0 Å². The van der Waals surface area contributed by atoms with E-state index < -0.39 is 0 Å². The Morgan fingerprint density at radius 2 is 2.15 bits per heavy atom. The van der Waals surface area contributed by atoms with E-state index in [0.29, 0.717) is 22.2 Å². The molecule has 2 aromatic rings. The molecule has 1 amide bonds. The van der Waals surface area contributed by atoms with Crippen molar-refractivity contribution >= 4 is 40.9 Å². The van der Waals surface area contributed by atoms with Gasteiger partial charge in [-0.05, 0) is 24.5 Å². The van der Waals surface area contributed by atoms with Gasteiger partial charge in [0.2, 0.25) is 0 Å². The number of nitrogens with zero attached hydrogens (tertiary/aromatic N) is 2. The van der Waals surface area contributed by atoms with Gasteiger partial charge in [0, 0.05) is 11.9 Å². The summed E-state index contributed by atoms with van der Waals surface area (Å²) in [6, 6.07) is 5.37. The number of carbonyl (C=O) groups is 1. The zero-order chi connectivity index (χ0) is 14.7. The Labute approximate surface area is 131 Å². The first kappa shape index (κ1) is 15.2. The Morgan fingerprint density at radius 3 is 2.75 bits per heavy atom. The second-order valence-electron chi connectivity index (χ2n) is 4.09. The van der Waals surface area contributed by atoms with Gasteiger partial charge in [-0.2, -0.15) is 5.10 Å². The lowest BCUT2D eigenvalue weighted by molar-refractivity contribution is 0.0950. The highest BCUT2D eigenvalue weighted by Gasteiger charge is 2.13. The van der Waals surface area contributed by atoms with Crippen LogP contribution in [0.15, 0.2) is 29.3 Å². The number of aryl methyl sites for hydroxylation is 1. The van der Waals surface area contributed by atoms with Crippen LogP contribution in [0, 0.1) is 0 Å². The Balaban J connectivity index is 2.13. The number of thioether (sulfide) groups is 1. The third kappa shape index (κ3) is 3.29. The van der Waals surface area contributed by atoms with Crippen molar-refractivity contribution in [1.29, 1.82) is 0 Å². The molecule has 0 radical (unpaired) electrons. The van der Waals surface area contributed by atoms with Gasteiger partial charge in [0.1, 0.15) is 0 Å². The van der Waals surface area contributed by atoms with Crippen LogP contribution in [0.4, 0.5) is 0 Å². The van der Waals surface area contributed by atoms with E-state index in [1.807, 2.05) is 12.3 Å². The average Bonchev–Trinajstić information content (AvgIpc) is 2.76. The number of aromatic nitrogens is 2. The van der Waals surface area contributed by atoms with Crippen molar-refractivity contribution in [3.05, 3.63) is 45.7 Å². The lowest BCUT2D eigenvalue weighted by atomic mass is 10.2. The second-order valence-corrected chi connectivity index (χ2v) is 5.79. The Morgan fingerprint density at radius 1 is 1.40 bits per heavy atom.